The average Bonchev–Trinajstić information content (AvgIpc) is 2.59. The van der Waals surface area contributed by atoms with Gasteiger partial charge in [0.05, 0.1) is 11.5 Å². The number of benzene rings is 2. The molecular formula is C22H26BrN3O. The summed E-state index contributed by atoms with van der Waals surface area (Å²) in [6.45, 7) is 8.53. The van der Waals surface area contributed by atoms with E-state index in [0.29, 0.717) is 0 Å². The van der Waals surface area contributed by atoms with Crippen molar-refractivity contribution < 1.29 is 4.79 Å². The third-order valence-electron chi connectivity index (χ3n) is 5.40. The lowest BCUT2D eigenvalue weighted by molar-refractivity contribution is -0.131. The molecule has 0 aromatic heterocycles. The summed E-state index contributed by atoms with van der Waals surface area (Å²) in [7, 11) is 1.65. The summed E-state index contributed by atoms with van der Waals surface area (Å²) in [5, 5.41) is 11.5. The normalized spacial score (nSPS) is 23.3. The Morgan fingerprint density at radius 2 is 1.78 bits per heavy atom. The smallest absolute Gasteiger partial charge is 0.239 e. The van der Waals surface area contributed by atoms with Gasteiger partial charge in [0.2, 0.25) is 5.91 Å². The first kappa shape index (κ1) is 19.6. The van der Waals surface area contributed by atoms with Gasteiger partial charge in [-0.3, -0.25) is 15.1 Å². The van der Waals surface area contributed by atoms with E-state index >= 15 is 0 Å². The van der Waals surface area contributed by atoms with E-state index in [0.717, 1.165) is 15.6 Å². The minimum Gasteiger partial charge on any atom is -0.346 e. The predicted octanol–water partition coefficient (Wildman–Crippen LogP) is 4.74. The molecule has 2 aromatic rings. The zero-order chi connectivity index (χ0) is 20.0. The molecule has 1 heterocycles. The van der Waals surface area contributed by atoms with Crippen molar-refractivity contribution in [3.05, 3.63) is 69.7 Å². The fourth-order valence-corrected chi connectivity index (χ4v) is 4.05. The number of amides is 1. The van der Waals surface area contributed by atoms with Gasteiger partial charge in [0.1, 0.15) is 0 Å². The van der Waals surface area contributed by atoms with Crippen molar-refractivity contribution in [2.24, 2.45) is 0 Å². The van der Waals surface area contributed by atoms with Gasteiger partial charge in [-0.25, -0.2) is 0 Å². The maximum Gasteiger partial charge on any atom is 0.239 e. The summed E-state index contributed by atoms with van der Waals surface area (Å²) >= 11 is 3.53. The molecule has 0 bridgehead atoms. The van der Waals surface area contributed by atoms with Crippen molar-refractivity contribution in [3.8, 4) is 0 Å². The van der Waals surface area contributed by atoms with Gasteiger partial charge in [0.25, 0.3) is 0 Å². The molecular weight excluding hydrogens is 402 g/mol. The van der Waals surface area contributed by atoms with Crippen LogP contribution in [0.2, 0.25) is 0 Å². The predicted molar refractivity (Wildman–Crippen MR) is 113 cm³/mol. The van der Waals surface area contributed by atoms with Crippen LogP contribution < -0.4 is 5.32 Å². The zero-order valence-electron chi connectivity index (χ0n) is 16.4. The van der Waals surface area contributed by atoms with Crippen LogP contribution in [-0.4, -0.2) is 23.8 Å². The first-order valence-corrected chi connectivity index (χ1v) is 9.84. The Kier molecular flexibility index (Phi) is 4.93. The Morgan fingerprint density at radius 3 is 2.33 bits per heavy atom. The van der Waals surface area contributed by atoms with Crippen LogP contribution in [0.1, 0.15) is 50.3 Å². The molecule has 2 N–H and O–H groups in total. The Morgan fingerprint density at radius 1 is 1.15 bits per heavy atom. The second kappa shape index (κ2) is 6.79. The topological polar surface area (TPSA) is 56.2 Å². The molecule has 0 unspecified atom stereocenters. The molecule has 3 rings (SSSR count). The van der Waals surface area contributed by atoms with E-state index in [1.807, 2.05) is 43.3 Å². The number of hydrogen-bond acceptors (Lipinski definition) is 2. The molecule has 1 saturated heterocycles. The van der Waals surface area contributed by atoms with E-state index in [-0.39, 0.29) is 17.3 Å². The number of likely N-dealkylation sites (N-methyl/N-ethyl adjacent to an activating group) is 1. The molecule has 142 valence electrons. The number of hydrogen-bond donors (Lipinski definition) is 2. The summed E-state index contributed by atoms with van der Waals surface area (Å²) < 4.78 is 0.947. The lowest BCUT2D eigenvalue weighted by atomic mass is 9.73. The van der Waals surface area contributed by atoms with Crippen LogP contribution in [0.5, 0.6) is 0 Å². The van der Waals surface area contributed by atoms with E-state index in [1.54, 1.807) is 7.05 Å². The summed E-state index contributed by atoms with van der Waals surface area (Å²) in [6.07, 6.45) is 0. The number of carbonyl (C=O) groups is 1. The quantitative estimate of drug-likeness (QED) is 0.726. The van der Waals surface area contributed by atoms with Crippen LogP contribution in [0, 0.1) is 5.41 Å². The number of halogens is 1. The first-order chi connectivity index (χ1) is 12.5. The minimum atomic E-state index is -0.715. The van der Waals surface area contributed by atoms with E-state index in [1.165, 1.54) is 10.5 Å². The SMILES string of the molecule is CN1C(=N)N[C@](C)(c2cccc(Br)c2)[C@@H](c2ccc(C(C)(C)C)cc2)C1=O. The molecule has 0 radical (unpaired) electrons. The minimum absolute atomic E-state index is 0.0554. The lowest BCUT2D eigenvalue weighted by Gasteiger charge is -2.46. The van der Waals surface area contributed by atoms with Crippen LogP contribution in [0.15, 0.2) is 53.0 Å². The summed E-state index contributed by atoms with van der Waals surface area (Å²) in [6, 6.07) is 16.2. The largest absolute Gasteiger partial charge is 0.346 e. The van der Waals surface area contributed by atoms with Crippen molar-refractivity contribution in [1.29, 1.82) is 5.41 Å². The second-order valence-electron chi connectivity index (χ2n) is 8.39. The summed E-state index contributed by atoms with van der Waals surface area (Å²) in [5.74, 6) is -0.394. The Labute approximate surface area is 169 Å². The molecule has 27 heavy (non-hydrogen) atoms. The highest BCUT2D eigenvalue weighted by Gasteiger charge is 2.48. The highest BCUT2D eigenvalue weighted by molar-refractivity contribution is 9.10. The fourth-order valence-electron chi connectivity index (χ4n) is 3.65. The van der Waals surface area contributed by atoms with Crippen LogP contribution >= 0.6 is 15.9 Å². The average molecular weight is 428 g/mol. The monoisotopic (exact) mass is 427 g/mol. The number of rotatable bonds is 2. The first-order valence-electron chi connectivity index (χ1n) is 9.05. The van der Waals surface area contributed by atoms with Crippen LogP contribution in [0.4, 0.5) is 0 Å². The highest BCUT2D eigenvalue weighted by Crippen LogP contribution is 2.41. The Balaban J connectivity index is 2.13. The molecule has 4 nitrogen and oxygen atoms in total. The van der Waals surface area contributed by atoms with Gasteiger partial charge in [-0.1, -0.05) is 73.1 Å². The standard InChI is InChI=1S/C22H26BrN3O/c1-21(2,3)15-11-9-14(10-12-15)18-19(27)26(5)20(24)25-22(18,4)16-7-6-8-17(23)13-16/h6-13,18H,1-5H3,(H2,24,25)/t18-,22+/m0/s1. The fraction of sp³-hybridized carbons (Fsp3) is 0.364. The van der Waals surface area contributed by atoms with Gasteiger partial charge in [-0.05, 0) is 41.2 Å². The zero-order valence-corrected chi connectivity index (χ0v) is 18.0. The third kappa shape index (κ3) is 3.53. The van der Waals surface area contributed by atoms with Gasteiger partial charge in [-0.2, -0.15) is 0 Å². The maximum absolute atomic E-state index is 13.2. The highest BCUT2D eigenvalue weighted by atomic mass is 79.9. The van der Waals surface area contributed by atoms with Crippen molar-refractivity contribution in [3.63, 3.8) is 0 Å². The lowest BCUT2D eigenvalue weighted by Crippen LogP contribution is -2.62. The molecule has 2 atom stereocenters. The van der Waals surface area contributed by atoms with Crippen molar-refractivity contribution in [2.45, 2.75) is 44.6 Å². The van der Waals surface area contributed by atoms with E-state index in [4.69, 9.17) is 5.41 Å². The van der Waals surface area contributed by atoms with Crippen molar-refractivity contribution >= 4 is 27.8 Å². The molecule has 0 aliphatic carbocycles. The Hall–Kier alpha value is -2.14. The molecule has 1 aliphatic rings. The molecule has 5 heteroatoms. The molecule has 0 saturated carbocycles. The second-order valence-corrected chi connectivity index (χ2v) is 9.30. The van der Waals surface area contributed by atoms with Crippen molar-refractivity contribution in [1.82, 2.24) is 10.2 Å². The van der Waals surface area contributed by atoms with E-state index in [9.17, 15) is 4.79 Å². The van der Waals surface area contributed by atoms with Crippen LogP contribution in [-0.2, 0) is 15.7 Å². The maximum atomic E-state index is 13.2. The number of nitrogens with one attached hydrogen (secondary N) is 2. The number of guanidine groups is 1. The summed E-state index contributed by atoms with van der Waals surface area (Å²) in [4.78, 5) is 14.6. The van der Waals surface area contributed by atoms with Gasteiger partial charge in [-0.15, -0.1) is 0 Å². The van der Waals surface area contributed by atoms with E-state index < -0.39 is 11.5 Å². The van der Waals surface area contributed by atoms with Crippen molar-refractivity contribution in [2.75, 3.05) is 7.05 Å². The van der Waals surface area contributed by atoms with Gasteiger partial charge in [0, 0.05) is 11.5 Å². The van der Waals surface area contributed by atoms with Crippen LogP contribution in [0.3, 0.4) is 0 Å². The molecule has 1 fully saturated rings. The molecule has 2 aromatic carbocycles. The number of nitrogens with zero attached hydrogens (tertiary/aromatic N) is 1. The van der Waals surface area contributed by atoms with Gasteiger partial charge in [0.15, 0.2) is 5.96 Å². The van der Waals surface area contributed by atoms with E-state index in [2.05, 4.69) is 54.2 Å². The van der Waals surface area contributed by atoms with Crippen LogP contribution in [0.25, 0.3) is 0 Å². The molecule has 0 spiro atoms. The molecule has 1 amide bonds. The Bertz CT molecular complexity index is 885. The summed E-state index contributed by atoms with van der Waals surface area (Å²) in [5.41, 5.74) is 2.48. The van der Waals surface area contributed by atoms with Gasteiger partial charge >= 0.3 is 0 Å². The number of carbonyl (C=O) groups excluding carboxylic acids is 1. The molecule has 1 aliphatic heterocycles. The van der Waals surface area contributed by atoms with Gasteiger partial charge < -0.3 is 5.32 Å². The third-order valence-corrected chi connectivity index (χ3v) is 5.90.